The topological polar surface area (TPSA) is 38.0 Å². The lowest BCUT2D eigenvalue weighted by atomic mass is 9.79. The molecule has 1 saturated carbocycles. The van der Waals surface area contributed by atoms with Crippen LogP contribution in [0.1, 0.15) is 37.3 Å². The van der Waals surface area contributed by atoms with Crippen LogP contribution in [0.3, 0.4) is 0 Å². The predicted octanol–water partition coefficient (Wildman–Crippen LogP) is 3.37. The van der Waals surface area contributed by atoms with Gasteiger partial charge in [0.2, 0.25) is 0 Å². The first kappa shape index (κ1) is 14.0. The highest BCUT2D eigenvalue weighted by Gasteiger charge is 2.27. The van der Waals surface area contributed by atoms with Crippen molar-refractivity contribution in [3.05, 3.63) is 34.1 Å². The van der Waals surface area contributed by atoms with Crippen molar-refractivity contribution in [1.29, 1.82) is 0 Å². The number of hydrogen-bond donors (Lipinski definition) is 2. The van der Waals surface area contributed by atoms with E-state index in [2.05, 4.69) is 21.2 Å². The molecule has 0 heterocycles. The zero-order chi connectivity index (χ0) is 13.1. The van der Waals surface area contributed by atoms with E-state index < -0.39 is 0 Å². The van der Waals surface area contributed by atoms with Gasteiger partial charge in [-0.05, 0) is 56.8 Å². The molecule has 0 spiro atoms. The molecule has 0 saturated heterocycles. The first-order valence-electron chi connectivity index (χ1n) is 6.49. The number of halogens is 2. The van der Waals surface area contributed by atoms with Crippen LogP contribution in [-0.2, 0) is 0 Å². The minimum atomic E-state index is -0.194. The number of hydrogen-bond acceptors (Lipinski definition) is 2. The molecule has 18 heavy (non-hydrogen) atoms. The van der Waals surface area contributed by atoms with Crippen LogP contribution in [-0.4, -0.2) is 13.1 Å². The van der Waals surface area contributed by atoms with Gasteiger partial charge >= 0.3 is 0 Å². The maximum atomic E-state index is 13.8. The fraction of sp³-hybridized carbons (Fsp3) is 0.571. The third-order valence-corrected chi connectivity index (χ3v) is 4.50. The van der Waals surface area contributed by atoms with E-state index >= 15 is 0 Å². The Morgan fingerprint density at radius 1 is 1.33 bits per heavy atom. The summed E-state index contributed by atoms with van der Waals surface area (Å²) in [5.74, 6) is 0.194. The molecular weight excluding hydrogens is 295 g/mol. The van der Waals surface area contributed by atoms with Gasteiger partial charge in [0.1, 0.15) is 5.82 Å². The second kappa shape index (κ2) is 6.13. The van der Waals surface area contributed by atoms with Crippen molar-refractivity contribution in [2.75, 3.05) is 7.05 Å². The Balaban J connectivity index is 2.07. The van der Waals surface area contributed by atoms with E-state index in [0.29, 0.717) is 17.5 Å². The van der Waals surface area contributed by atoms with Gasteiger partial charge in [-0.25, -0.2) is 4.39 Å². The highest BCUT2D eigenvalue weighted by atomic mass is 79.9. The van der Waals surface area contributed by atoms with Gasteiger partial charge in [-0.1, -0.05) is 15.9 Å². The van der Waals surface area contributed by atoms with Crippen molar-refractivity contribution < 1.29 is 4.39 Å². The lowest BCUT2D eigenvalue weighted by Crippen LogP contribution is -2.34. The zero-order valence-electron chi connectivity index (χ0n) is 10.6. The molecule has 0 aliphatic heterocycles. The highest BCUT2D eigenvalue weighted by molar-refractivity contribution is 9.10. The van der Waals surface area contributed by atoms with Crippen LogP contribution in [0.2, 0.25) is 0 Å². The normalized spacial score (nSPS) is 26.0. The van der Waals surface area contributed by atoms with Gasteiger partial charge in [0, 0.05) is 22.1 Å². The highest BCUT2D eigenvalue weighted by Crippen LogP contribution is 2.34. The molecular formula is C14H20BrFN2. The van der Waals surface area contributed by atoms with E-state index in [1.54, 1.807) is 6.07 Å². The minimum Gasteiger partial charge on any atom is -0.324 e. The van der Waals surface area contributed by atoms with E-state index in [4.69, 9.17) is 5.73 Å². The number of rotatable bonds is 3. The zero-order valence-corrected chi connectivity index (χ0v) is 12.2. The Kier molecular flexibility index (Phi) is 4.76. The maximum absolute atomic E-state index is 13.8. The second-order valence-corrected chi connectivity index (χ2v) is 6.01. The molecule has 100 valence electrons. The average molecular weight is 315 g/mol. The molecule has 0 bridgehead atoms. The van der Waals surface area contributed by atoms with Crippen molar-refractivity contribution in [1.82, 2.24) is 5.32 Å². The molecule has 0 amide bonds. The lowest BCUT2D eigenvalue weighted by molar-refractivity contribution is 0.264. The van der Waals surface area contributed by atoms with Gasteiger partial charge in [0.05, 0.1) is 0 Å². The molecule has 1 aromatic rings. The third-order valence-electron chi connectivity index (χ3n) is 4.01. The Morgan fingerprint density at radius 2 is 2.00 bits per heavy atom. The van der Waals surface area contributed by atoms with E-state index in [0.717, 1.165) is 30.2 Å². The van der Waals surface area contributed by atoms with Crippen molar-refractivity contribution in [2.45, 2.75) is 37.8 Å². The van der Waals surface area contributed by atoms with E-state index in [1.165, 1.54) is 6.07 Å². The predicted molar refractivity (Wildman–Crippen MR) is 75.8 cm³/mol. The summed E-state index contributed by atoms with van der Waals surface area (Å²) in [6, 6.07) is 5.41. The molecule has 0 aromatic heterocycles. The molecule has 2 rings (SSSR count). The molecule has 2 nitrogen and oxygen atoms in total. The molecule has 3 N–H and O–H groups in total. The van der Waals surface area contributed by atoms with Crippen LogP contribution < -0.4 is 11.1 Å². The van der Waals surface area contributed by atoms with Gasteiger partial charge in [-0.15, -0.1) is 0 Å². The summed E-state index contributed by atoms with van der Waals surface area (Å²) < 4.78 is 14.7. The smallest absolute Gasteiger partial charge is 0.128 e. The van der Waals surface area contributed by atoms with E-state index in [9.17, 15) is 4.39 Å². The minimum absolute atomic E-state index is 0.193. The summed E-state index contributed by atoms with van der Waals surface area (Å²) in [5.41, 5.74) is 6.88. The first-order valence-corrected chi connectivity index (χ1v) is 7.29. The molecule has 1 aromatic carbocycles. The quantitative estimate of drug-likeness (QED) is 0.897. The SMILES string of the molecule is CNC1CCC(C(N)c2cc(Br)ccc2F)CC1. The Labute approximate surface area is 116 Å². The third kappa shape index (κ3) is 3.11. The van der Waals surface area contributed by atoms with Crippen molar-refractivity contribution in [2.24, 2.45) is 11.7 Å². The van der Waals surface area contributed by atoms with Crippen LogP contribution in [0.15, 0.2) is 22.7 Å². The summed E-state index contributed by atoms with van der Waals surface area (Å²) in [4.78, 5) is 0. The van der Waals surface area contributed by atoms with Crippen LogP contribution in [0, 0.1) is 11.7 Å². The fourth-order valence-electron chi connectivity index (χ4n) is 2.79. The van der Waals surface area contributed by atoms with Crippen LogP contribution >= 0.6 is 15.9 Å². The van der Waals surface area contributed by atoms with Gasteiger partial charge in [0.15, 0.2) is 0 Å². The van der Waals surface area contributed by atoms with Gasteiger partial charge in [-0.3, -0.25) is 0 Å². The fourth-order valence-corrected chi connectivity index (χ4v) is 3.17. The lowest BCUT2D eigenvalue weighted by Gasteiger charge is -2.32. The van der Waals surface area contributed by atoms with Crippen LogP contribution in [0.5, 0.6) is 0 Å². The number of nitrogens with two attached hydrogens (primary N) is 1. The van der Waals surface area contributed by atoms with Gasteiger partial charge in [0.25, 0.3) is 0 Å². The number of nitrogens with one attached hydrogen (secondary N) is 1. The summed E-state index contributed by atoms with van der Waals surface area (Å²) in [5, 5.41) is 3.30. The van der Waals surface area contributed by atoms with Crippen LogP contribution in [0.25, 0.3) is 0 Å². The van der Waals surface area contributed by atoms with Crippen LogP contribution in [0.4, 0.5) is 4.39 Å². The summed E-state index contributed by atoms with van der Waals surface area (Å²) in [6.45, 7) is 0. The molecule has 1 atom stereocenters. The largest absolute Gasteiger partial charge is 0.324 e. The molecule has 4 heteroatoms. The van der Waals surface area contributed by atoms with E-state index in [1.807, 2.05) is 13.1 Å². The Hall–Kier alpha value is -0.450. The van der Waals surface area contributed by atoms with Gasteiger partial charge in [-0.2, -0.15) is 0 Å². The Bertz CT molecular complexity index is 403. The standard InChI is InChI=1S/C14H20BrFN2/c1-18-11-5-2-9(3-6-11)14(17)12-8-10(15)4-7-13(12)16/h4,7-9,11,14,18H,2-3,5-6,17H2,1H3. The summed E-state index contributed by atoms with van der Waals surface area (Å²) in [6.07, 6.45) is 4.40. The number of benzene rings is 1. The van der Waals surface area contributed by atoms with Crippen molar-refractivity contribution in [3.8, 4) is 0 Å². The second-order valence-electron chi connectivity index (χ2n) is 5.09. The average Bonchev–Trinajstić information content (AvgIpc) is 2.41. The van der Waals surface area contributed by atoms with Crippen molar-refractivity contribution in [3.63, 3.8) is 0 Å². The van der Waals surface area contributed by atoms with E-state index in [-0.39, 0.29) is 11.9 Å². The molecule has 1 unspecified atom stereocenters. The molecule has 0 radical (unpaired) electrons. The van der Waals surface area contributed by atoms with Gasteiger partial charge < -0.3 is 11.1 Å². The maximum Gasteiger partial charge on any atom is 0.128 e. The molecule has 1 aliphatic rings. The molecule has 1 fully saturated rings. The monoisotopic (exact) mass is 314 g/mol. The molecule has 1 aliphatic carbocycles. The first-order chi connectivity index (χ1) is 8.61. The summed E-state index contributed by atoms with van der Waals surface area (Å²) in [7, 11) is 2.00. The summed E-state index contributed by atoms with van der Waals surface area (Å²) >= 11 is 3.38. The van der Waals surface area contributed by atoms with Crippen molar-refractivity contribution >= 4 is 15.9 Å². The Morgan fingerprint density at radius 3 is 2.61 bits per heavy atom.